The van der Waals surface area contributed by atoms with Crippen molar-refractivity contribution in [1.82, 2.24) is 0 Å². The third-order valence-electron chi connectivity index (χ3n) is 2.19. The monoisotopic (exact) mass is 278 g/mol. The van der Waals surface area contributed by atoms with Gasteiger partial charge >= 0.3 is 0 Å². The second kappa shape index (κ2) is 4.81. The van der Waals surface area contributed by atoms with Crippen molar-refractivity contribution in [3.8, 4) is 11.5 Å². The molecule has 84 valence electrons. The molecule has 0 aliphatic carbocycles. The predicted octanol–water partition coefficient (Wildman–Crippen LogP) is 2.40. The molecule has 3 nitrogen and oxygen atoms in total. The van der Waals surface area contributed by atoms with Gasteiger partial charge in [-0.2, -0.15) is 0 Å². The molecule has 1 rings (SSSR count). The van der Waals surface area contributed by atoms with Crippen LogP contribution < -0.4 is 4.74 Å². The maximum atomic E-state index is 13.4. The molecule has 0 saturated heterocycles. The average molecular weight is 279 g/mol. The van der Waals surface area contributed by atoms with E-state index in [2.05, 4.69) is 15.9 Å². The van der Waals surface area contributed by atoms with Crippen LogP contribution in [0.3, 0.4) is 0 Å². The highest BCUT2D eigenvalue weighted by Gasteiger charge is 2.20. The van der Waals surface area contributed by atoms with Crippen molar-refractivity contribution in [1.29, 1.82) is 0 Å². The van der Waals surface area contributed by atoms with Gasteiger partial charge in [-0.15, -0.1) is 0 Å². The van der Waals surface area contributed by atoms with Crippen molar-refractivity contribution in [3.05, 3.63) is 21.9 Å². The normalized spacial score (nSPS) is 12.6. The van der Waals surface area contributed by atoms with Crippen LogP contribution in [0.4, 0.5) is 4.39 Å². The second-order valence-electron chi connectivity index (χ2n) is 3.23. The van der Waals surface area contributed by atoms with Gasteiger partial charge in [-0.3, -0.25) is 0 Å². The molecule has 1 atom stereocenters. The molecule has 0 saturated carbocycles. The van der Waals surface area contributed by atoms with E-state index in [9.17, 15) is 9.50 Å². The van der Waals surface area contributed by atoms with E-state index < -0.39 is 5.82 Å². The number of phenolic OH excluding ortho intramolecular Hbond substituents is 1. The first kappa shape index (κ1) is 12.3. The van der Waals surface area contributed by atoms with E-state index in [1.54, 1.807) is 6.92 Å². The first-order valence-electron chi connectivity index (χ1n) is 4.38. The van der Waals surface area contributed by atoms with E-state index in [0.717, 1.165) is 0 Å². The number of hydrogen-bond donors (Lipinski definition) is 2. The molecule has 2 N–H and O–H groups in total. The zero-order chi connectivity index (χ0) is 11.6. The quantitative estimate of drug-likeness (QED) is 0.893. The van der Waals surface area contributed by atoms with Crippen LogP contribution in [0.1, 0.15) is 18.4 Å². The Kier molecular flexibility index (Phi) is 3.93. The van der Waals surface area contributed by atoms with E-state index in [1.807, 2.05) is 0 Å². The van der Waals surface area contributed by atoms with Gasteiger partial charge in [0.15, 0.2) is 17.3 Å². The van der Waals surface area contributed by atoms with Crippen LogP contribution in [-0.2, 0) is 0 Å². The summed E-state index contributed by atoms with van der Waals surface area (Å²) in [6.07, 6.45) is 0. The minimum atomic E-state index is -0.649. The van der Waals surface area contributed by atoms with Crippen molar-refractivity contribution in [2.45, 2.75) is 12.8 Å². The van der Waals surface area contributed by atoms with Gasteiger partial charge in [-0.05, 0) is 22.0 Å². The number of phenols is 1. The number of benzene rings is 1. The first-order valence-corrected chi connectivity index (χ1v) is 5.17. The minimum Gasteiger partial charge on any atom is -0.504 e. The molecule has 0 aromatic heterocycles. The lowest BCUT2D eigenvalue weighted by Gasteiger charge is -2.14. The van der Waals surface area contributed by atoms with Crippen LogP contribution in [0.15, 0.2) is 10.5 Å². The van der Waals surface area contributed by atoms with Gasteiger partial charge in [-0.25, -0.2) is 4.39 Å². The van der Waals surface area contributed by atoms with Crippen LogP contribution in [0.5, 0.6) is 11.5 Å². The van der Waals surface area contributed by atoms with Crippen molar-refractivity contribution in [3.63, 3.8) is 0 Å². The highest BCUT2D eigenvalue weighted by atomic mass is 79.9. The number of methoxy groups -OCH3 is 1. The van der Waals surface area contributed by atoms with Gasteiger partial charge in [-0.1, -0.05) is 6.92 Å². The number of ether oxygens (including phenoxy) is 1. The molecule has 5 heteroatoms. The number of aliphatic hydroxyl groups excluding tert-OH is 1. The van der Waals surface area contributed by atoms with E-state index >= 15 is 0 Å². The van der Waals surface area contributed by atoms with E-state index in [-0.39, 0.29) is 28.5 Å². The first-order chi connectivity index (χ1) is 7.02. The highest BCUT2D eigenvalue weighted by Crippen LogP contribution is 2.40. The summed E-state index contributed by atoms with van der Waals surface area (Å²) in [5.74, 6) is -1.40. The third kappa shape index (κ3) is 2.23. The molecule has 1 aromatic carbocycles. The summed E-state index contributed by atoms with van der Waals surface area (Å²) in [7, 11) is 1.28. The molecule has 0 amide bonds. The van der Waals surface area contributed by atoms with Crippen molar-refractivity contribution in [2.24, 2.45) is 0 Å². The highest BCUT2D eigenvalue weighted by molar-refractivity contribution is 9.10. The molecular formula is C10H12BrFO3. The molecule has 0 heterocycles. The molecule has 0 spiro atoms. The van der Waals surface area contributed by atoms with Crippen LogP contribution in [-0.4, -0.2) is 23.9 Å². The fourth-order valence-corrected chi connectivity index (χ4v) is 1.70. The Labute approximate surface area is 95.6 Å². The maximum absolute atomic E-state index is 13.4. The minimum absolute atomic E-state index is 0.130. The lowest BCUT2D eigenvalue weighted by Crippen LogP contribution is -2.02. The Morgan fingerprint density at radius 2 is 2.20 bits per heavy atom. The van der Waals surface area contributed by atoms with Gasteiger partial charge in [0.25, 0.3) is 0 Å². The van der Waals surface area contributed by atoms with E-state index in [4.69, 9.17) is 9.84 Å². The molecule has 15 heavy (non-hydrogen) atoms. The van der Waals surface area contributed by atoms with Crippen molar-refractivity contribution in [2.75, 3.05) is 13.7 Å². The molecular weight excluding hydrogens is 267 g/mol. The Balaban J connectivity index is 3.36. The largest absolute Gasteiger partial charge is 0.504 e. The molecule has 1 aromatic rings. The topological polar surface area (TPSA) is 49.7 Å². The number of aliphatic hydroxyl groups is 1. The van der Waals surface area contributed by atoms with Crippen molar-refractivity contribution < 1.29 is 19.3 Å². The Morgan fingerprint density at radius 1 is 1.60 bits per heavy atom. The van der Waals surface area contributed by atoms with Gasteiger partial charge in [0, 0.05) is 18.1 Å². The fourth-order valence-electron chi connectivity index (χ4n) is 1.27. The lowest BCUT2D eigenvalue weighted by molar-refractivity contribution is 0.268. The van der Waals surface area contributed by atoms with Gasteiger partial charge in [0.1, 0.15) is 0 Å². The zero-order valence-electron chi connectivity index (χ0n) is 8.42. The average Bonchev–Trinajstić information content (AvgIpc) is 2.23. The van der Waals surface area contributed by atoms with E-state index in [0.29, 0.717) is 5.56 Å². The number of halogens is 2. The SMILES string of the molecule is COc1c(O)c(C(C)CO)cc(Br)c1F. The van der Waals surface area contributed by atoms with Gasteiger partial charge in [0.05, 0.1) is 11.6 Å². The van der Waals surface area contributed by atoms with Crippen molar-refractivity contribution >= 4 is 15.9 Å². The van der Waals surface area contributed by atoms with Crippen LogP contribution >= 0.6 is 15.9 Å². The molecule has 0 bridgehead atoms. The Morgan fingerprint density at radius 3 is 2.67 bits per heavy atom. The summed E-state index contributed by atoms with van der Waals surface area (Å²) in [6.45, 7) is 1.59. The summed E-state index contributed by atoms with van der Waals surface area (Å²) in [4.78, 5) is 0. The van der Waals surface area contributed by atoms with Gasteiger partial charge in [0.2, 0.25) is 0 Å². The second-order valence-corrected chi connectivity index (χ2v) is 4.08. The maximum Gasteiger partial charge on any atom is 0.198 e. The Hall–Kier alpha value is -0.810. The summed E-state index contributed by atoms with van der Waals surface area (Å²) in [5.41, 5.74) is 0.447. The summed E-state index contributed by atoms with van der Waals surface area (Å²) in [5, 5.41) is 18.7. The number of hydrogen-bond acceptors (Lipinski definition) is 3. The zero-order valence-corrected chi connectivity index (χ0v) is 10.0. The van der Waals surface area contributed by atoms with Gasteiger partial charge < -0.3 is 14.9 Å². The lowest BCUT2D eigenvalue weighted by atomic mass is 10.0. The fraction of sp³-hybridized carbons (Fsp3) is 0.400. The van der Waals surface area contributed by atoms with E-state index in [1.165, 1.54) is 13.2 Å². The third-order valence-corrected chi connectivity index (χ3v) is 2.77. The molecule has 0 radical (unpaired) electrons. The number of rotatable bonds is 3. The van der Waals surface area contributed by atoms with Crippen LogP contribution in [0.25, 0.3) is 0 Å². The number of aromatic hydroxyl groups is 1. The summed E-state index contributed by atoms with van der Waals surface area (Å²) in [6, 6.07) is 1.44. The summed E-state index contributed by atoms with van der Waals surface area (Å²) < 4.78 is 18.4. The Bertz CT molecular complexity index is 368. The molecule has 0 aliphatic heterocycles. The molecule has 0 fully saturated rings. The molecule has 1 unspecified atom stereocenters. The summed E-state index contributed by atoms with van der Waals surface area (Å²) >= 11 is 3.02. The molecule has 0 aliphatic rings. The standard InChI is InChI=1S/C10H12BrFO3/c1-5(4-13)6-3-7(11)8(12)10(15-2)9(6)14/h3,5,13-14H,4H2,1-2H3. The predicted molar refractivity (Wildman–Crippen MR) is 57.8 cm³/mol. The smallest absolute Gasteiger partial charge is 0.198 e. The van der Waals surface area contributed by atoms with Crippen LogP contribution in [0.2, 0.25) is 0 Å². The van der Waals surface area contributed by atoms with Crippen LogP contribution in [0, 0.1) is 5.82 Å².